The molecular formula is C12H23NO3. The van der Waals surface area contributed by atoms with Gasteiger partial charge < -0.3 is 14.8 Å². The summed E-state index contributed by atoms with van der Waals surface area (Å²) in [5.74, 6) is 0.0543. The van der Waals surface area contributed by atoms with Crippen LogP contribution in [0.25, 0.3) is 0 Å². The molecule has 0 atom stereocenters. The average molecular weight is 229 g/mol. The van der Waals surface area contributed by atoms with Crippen molar-refractivity contribution in [2.45, 2.75) is 26.7 Å². The first-order valence-corrected chi connectivity index (χ1v) is 5.73. The second kappa shape index (κ2) is 10.6. The minimum Gasteiger partial charge on any atom is -0.382 e. The Hall–Kier alpha value is -0.870. The Balaban J connectivity index is 3.20. The Bertz CT molecular complexity index is 204. The van der Waals surface area contributed by atoms with Gasteiger partial charge in [0.25, 0.3) is 0 Å². The van der Waals surface area contributed by atoms with Crippen molar-refractivity contribution in [1.29, 1.82) is 0 Å². The number of ether oxygens (including phenoxy) is 2. The van der Waals surface area contributed by atoms with Crippen molar-refractivity contribution in [2.75, 3.05) is 33.0 Å². The smallest absolute Gasteiger partial charge is 0.220 e. The van der Waals surface area contributed by atoms with Crippen LogP contribution in [-0.4, -0.2) is 38.9 Å². The summed E-state index contributed by atoms with van der Waals surface area (Å²) in [4.78, 5) is 11.3. The SMILES string of the molecule is C=C(C)COCCNC(=O)CCCOCC. The van der Waals surface area contributed by atoms with Crippen LogP contribution in [0.3, 0.4) is 0 Å². The molecule has 0 aliphatic carbocycles. The number of hydrogen-bond acceptors (Lipinski definition) is 3. The first kappa shape index (κ1) is 15.1. The summed E-state index contributed by atoms with van der Waals surface area (Å²) in [5, 5.41) is 2.78. The maximum atomic E-state index is 11.3. The second-order valence-corrected chi connectivity index (χ2v) is 3.66. The third kappa shape index (κ3) is 11.2. The van der Waals surface area contributed by atoms with E-state index in [-0.39, 0.29) is 5.91 Å². The van der Waals surface area contributed by atoms with Crippen LogP contribution in [0.4, 0.5) is 0 Å². The van der Waals surface area contributed by atoms with Crippen molar-refractivity contribution >= 4 is 5.91 Å². The van der Waals surface area contributed by atoms with Crippen LogP contribution in [0, 0.1) is 0 Å². The van der Waals surface area contributed by atoms with Gasteiger partial charge in [0.05, 0.1) is 13.2 Å². The molecule has 0 aromatic heterocycles. The number of carbonyl (C=O) groups is 1. The van der Waals surface area contributed by atoms with E-state index in [0.717, 1.165) is 12.0 Å². The van der Waals surface area contributed by atoms with Gasteiger partial charge in [-0.25, -0.2) is 0 Å². The maximum Gasteiger partial charge on any atom is 0.220 e. The summed E-state index contributed by atoms with van der Waals surface area (Å²) in [6.45, 7) is 10.6. The largest absolute Gasteiger partial charge is 0.382 e. The first-order chi connectivity index (χ1) is 7.66. The highest BCUT2D eigenvalue weighted by Crippen LogP contribution is 1.90. The Morgan fingerprint density at radius 2 is 2.06 bits per heavy atom. The van der Waals surface area contributed by atoms with Gasteiger partial charge >= 0.3 is 0 Å². The monoisotopic (exact) mass is 229 g/mol. The molecule has 1 amide bonds. The third-order valence-electron chi connectivity index (χ3n) is 1.81. The summed E-state index contributed by atoms with van der Waals surface area (Å²) in [6, 6.07) is 0. The lowest BCUT2D eigenvalue weighted by atomic mass is 10.3. The highest BCUT2D eigenvalue weighted by molar-refractivity contribution is 5.75. The molecule has 0 heterocycles. The fourth-order valence-electron chi connectivity index (χ4n) is 1.08. The van der Waals surface area contributed by atoms with Crippen LogP contribution in [-0.2, 0) is 14.3 Å². The normalized spacial score (nSPS) is 10.1. The third-order valence-corrected chi connectivity index (χ3v) is 1.81. The molecule has 0 aliphatic rings. The lowest BCUT2D eigenvalue weighted by molar-refractivity contribution is -0.121. The average Bonchev–Trinajstić information content (AvgIpc) is 2.23. The number of hydrogen-bond donors (Lipinski definition) is 1. The summed E-state index contributed by atoms with van der Waals surface area (Å²) >= 11 is 0. The molecule has 16 heavy (non-hydrogen) atoms. The van der Waals surface area contributed by atoms with E-state index in [1.165, 1.54) is 0 Å². The highest BCUT2D eigenvalue weighted by atomic mass is 16.5. The molecule has 0 aromatic carbocycles. The zero-order valence-electron chi connectivity index (χ0n) is 10.4. The number of rotatable bonds is 10. The molecule has 0 radical (unpaired) electrons. The maximum absolute atomic E-state index is 11.3. The van der Waals surface area contributed by atoms with E-state index >= 15 is 0 Å². The van der Waals surface area contributed by atoms with E-state index in [0.29, 0.717) is 39.4 Å². The van der Waals surface area contributed by atoms with E-state index in [1.807, 2.05) is 13.8 Å². The predicted octanol–water partition coefficient (Wildman–Crippen LogP) is 1.51. The van der Waals surface area contributed by atoms with E-state index < -0.39 is 0 Å². The molecule has 0 saturated heterocycles. The molecular weight excluding hydrogens is 206 g/mol. The van der Waals surface area contributed by atoms with Crippen LogP contribution < -0.4 is 5.32 Å². The molecule has 0 bridgehead atoms. The molecule has 4 nitrogen and oxygen atoms in total. The number of amides is 1. The van der Waals surface area contributed by atoms with E-state index in [9.17, 15) is 4.79 Å². The standard InChI is InChI=1S/C12H23NO3/c1-4-15-8-5-6-12(14)13-7-9-16-10-11(2)3/h2,4-10H2,1,3H3,(H,13,14). The van der Waals surface area contributed by atoms with Gasteiger partial charge in [0.2, 0.25) is 5.91 Å². The van der Waals surface area contributed by atoms with Gasteiger partial charge in [0.15, 0.2) is 0 Å². The van der Waals surface area contributed by atoms with E-state index in [1.54, 1.807) is 0 Å². The first-order valence-electron chi connectivity index (χ1n) is 5.73. The zero-order valence-corrected chi connectivity index (χ0v) is 10.4. The Morgan fingerprint density at radius 3 is 2.69 bits per heavy atom. The van der Waals surface area contributed by atoms with Gasteiger partial charge in [-0.2, -0.15) is 0 Å². The highest BCUT2D eigenvalue weighted by Gasteiger charge is 1.99. The summed E-state index contributed by atoms with van der Waals surface area (Å²) in [7, 11) is 0. The van der Waals surface area contributed by atoms with Gasteiger partial charge in [-0.1, -0.05) is 12.2 Å². The summed E-state index contributed by atoms with van der Waals surface area (Å²) in [5.41, 5.74) is 0.989. The summed E-state index contributed by atoms with van der Waals surface area (Å²) < 4.78 is 10.4. The molecule has 0 fully saturated rings. The predicted molar refractivity (Wildman–Crippen MR) is 64.4 cm³/mol. The lowest BCUT2D eigenvalue weighted by Crippen LogP contribution is -2.27. The van der Waals surface area contributed by atoms with Gasteiger partial charge in [-0.3, -0.25) is 4.79 Å². The minimum absolute atomic E-state index is 0.0543. The second-order valence-electron chi connectivity index (χ2n) is 3.66. The Kier molecular flexibility index (Phi) is 10.1. The van der Waals surface area contributed by atoms with E-state index in [4.69, 9.17) is 9.47 Å². The number of carbonyl (C=O) groups excluding carboxylic acids is 1. The molecule has 0 aromatic rings. The van der Waals surface area contributed by atoms with Crippen molar-refractivity contribution in [2.24, 2.45) is 0 Å². The summed E-state index contributed by atoms with van der Waals surface area (Å²) in [6.07, 6.45) is 1.28. The quantitative estimate of drug-likeness (QED) is 0.456. The molecule has 4 heteroatoms. The fraction of sp³-hybridized carbons (Fsp3) is 0.750. The van der Waals surface area contributed by atoms with Crippen LogP contribution in [0.15, 0.2) is 12.2 Å². The van der Waals surface area contributed by atoms with Crippen molar-refractivity contribution in [3.8, 4) is 0 Å². The lowest BCUT2D eigenvalue weighted by Gasteiger charge is -2.06. The van der Waals surface area contributed by atoms with Crippen LogP contribution in [0.1, 0.15) is 26.7 Å². The molecule has 0 rings (SSSR count). The fourth-order valence-corrected chi connectivity index (χ4v) is 1.08. The molecule has 94 valence electrons. The minimum atomic E-state index is 0.0543. The zero-order chi connectivity index (χ0) is 12.2. The van der Waals surface area contributed by atoms with Gasteiger partial charge in [0, 0.05) is 26.2 Å². The van der Waals surface area contributed by atoms with Crippen LogP contribution in [0.5, 0.6) is 0 Å². The molecule has 0 unspecified atom stereocenters. The van der Waals surface area contributed by atoms with Crippen molar-refractivity contribution < 1.29 is 14.3 Å². The number of nitrogens with one attached hydrogen (secondary N) is 1. The van der Waals surface area contributed by atoms with Crippen LogP contribution in [0.2, 0.25) is 0 Å². The molecule has 0 saturated carbocycles. The molecule has 0 aliphatic heterocycles. The van der Waals surface area contributed by atoms with E-state index in [2.05, 4.69) is 11.9 Å². The molecule has 1 N–H and O–H groups in total. The van der Waals surface area contributed by atoms with Gasteiger partial charge in [-0.15, -0.1) is 0 Å². The Labute approximate surface area is 98.0 Å². The Morgan fingerprint density at radius 1 is 1.31 bits per heavy atom. The van der Waals surface area contributed by atoms with Gasteiger partial charge in [-0.05, 0) is 20.3 Å². The van der Waals surface area contributed by atoms with Crippen molar-refractivity contribution in [3.05, 3.63) is 12.2 Å². The van der Waals surface area contributed by atoms with Crippen LogP contribution >= 0.6 is 0 Å². The topological polar surface area (TPSA) is 47.6 Å². The van der Waals surface area contributed by atoms with Gasteiger partial charge in [0.1, 0.15) is 0 Å². The van der Waals surface area contributed by atoms with Crippen molar-refractivity contribution in [1.82, 2.24) is 5.32 Å². The molecule has 0 spiro atoms. The van der Waals surface area contributed by atoms with Crippen molar-refractivity contribution in [3.63, 3.8) is 0 Å².